The fourth-order valence-electron chi connectivity index (χ4n) is 2.84. The summed E-state index contributed by atoms with van der Waals surface area (Å²) in [4.78, 5) is 23.0. The second kappa shape index (κ2) is 7.18. The molecule has 4 rings (SSSR count). The van der Waals surface area contributed by atoms with Crippen LogP contribution in [0.3, 0.4) is 0 Å². The highest BCUT2D eigenvalue weighted by atomic mass is 32.2. The summed E-state index contributed by atoms with van der Waals surface area (Å²) in [6.07, 6.45) is 1.44. The summed E-state index contributed by atoms with van der Waals surface area (Å²) in [6, 6.07) is 16.9. The molecule has 7 heteroatoms. The minimum atomic E-state index is -0.613. The first-order chi connectivity index (χ1) is 13.5. The van der Waals surface area contributed by atoms with Crippen molar-refractivity contribution in [2.24, 2.45) is 0 Å². The molecule has 2 amide bonds. The van der Waals surface area contributed by atoms with Crippen molar-refractivity contribution in [3.05, 3.63) is 76.4 Å². The summed E-state index contributed by atoms with van der Waals surface area (Å²) in [6.45, 7) is 0. The Morgan fingerprint density at radius 2 is 1.79 bits per heavy atom. The van der Waals surface area contributed by atoms with Crippen molar-refractivity contribution in [2.45, 2.75) is 0 Å². The Labute approximate surface area is 163 Å². The second-order valence-corrected chi connectivity index (χ2v) is 6.93. The molecule has 136 valence electrons. The predicted molar refractivity (Wildman–Crippen MR) is 104 cm³/mol. The van der Waals surface area contributed by atoms with Gasteiger partial charge in [0.2, 0.25) is 0 Å². The van der Waals surface area contributed by atoms with Crippen molar-refractivity contribution in [1.82, 2.24) is 5.32 Å². The minimum absolute atomic E-state index is 0.0108. The molecule has 0 radical (unpaired) electrons. The van der Waals surface area contributed by atoms with Gasteiger partial charge in [0, 0.05) is 10.8 Å². The van der Waals surface area contributed by atoms with Crippen LogP contribution in [-0.2, 0) is 4.79 Å². The maximum atomic E-state index is 14.5. The van der Waals surface area contributed by atoms with Gasteiger partial charge in [-0.05, 0) is 47.7 Å². The molecule has 3 aromatic carbocycles. The van der Waals surface area contributed by atoms with Gasteiger partial charge in [0.1, 0.15) is 5.75 Å². The monoisotopic (exact) mass is 390 g/mol. The molecule has 28 heavy (non-hydrogen) atoms. The minimum Gasteiger partial charge on any atom is -0.454 e. The zero-order valence-electron chi connectivity index (χ0n) is 14.2. The molecule has 0 atom stereocenters. The number of thioether (sulfide) groups is 1. The average Bonchev–Trinajstić information content (AvgIpc) is 3.01. The standard InChI is InChI=1S/C21H11FN2O3S/c22-16-9-12(10-19-20(25)24-21(26)28-19)5-7-18(16)27-17-8-6-13(11-23)14-3-1-2-4-15(14)17/h1-10H,(H,24,25,26)/b19-10+. The normalized spacial score (nSPS) is 14.9. The number of hydrogen-bond acceptors (Lipinski definition) is 5. The fraction of sp³-hybridized carbons (Fsp3) is 0. The molecule has 0 saturated carbocycles. The van der Waals surface area contributed by atoms with E-state index in [1.54, 1.807) is 30.3 Å². The third-order valence-corrected chi connectivity index (χ3v) is 4.93. The molecular formula is C21H11FN2O3S. The van der Waals surface area contributed by atoms with E-state index in [-0.39, 0.29) is 10.7 Å². The number of benzene rings is 3. The van der Waals surface area contributed by atoms with Crippen molar-refractivity contribution in [3.63, 3.8) is 0 Å². The summed E-state index contributed by atoms with van der Waals surface area (Å²) in [5, 5.41) is 12.3. The lowest BCUT2D eigenvalue weighted by atomic mass is 10.0. The van der Waals surface area contributed by atoms with Gasteiger partial charge in [-0.15, -0.1) is 0 Å². The number of nitriles is 1. The van der Waals surface area contributed by atoms with Gasteiger partial charge in [0.25, 0.3) is 11.1 Å². The van der Waals surface area contributed by atoms with E-state index in [0.29, 0.717) is 22.3 Å². The van der Waals surface area contributed by atoms with E-state index in [4.69, 9.17) is 4.74 Å². The molecule has 0 aromatic heterocycles. The van der Waals surface area contributed by atoms with Crippen LogP contribution in [0.15, 0.2) is 59.5 Å². The average molecular weight is 390 g/mol. The van der Waals surface area contributed by atoms with Gasteiger partial charge in [0.05, 0.1) is 16.5 Å². The Balaban J connectivity index is 1.66. The molecule has 1 saturated heterocycles. The van der Waals surface area contributed by atoms with Crippen molar-refractivity contribution >= 4 is 39.8 Å². The van der Waals surface area contributed by atoms with Crippen molar-refractivity contribution in [2.75, 3.05) is 0 Å². The number of amides is 2. The zero-order valence-corrected chi connectivity index (χ0v) is 15.0. The van der Waals surface area contributed by atoms with Gasteiger partial charge in [-0.2, -0.15) is 5.26 Å². The molecule has 3 aromatic rings. The first-order valence-corrected chi connectivity index (χ1v) is 9.01. The number of nitrogens with zero attached hydrogens (tertiary/aromatic N) is 1. The number of carbonyl (C=O) groups excluding carboxylic acids is 2. The highest BCUT2D eigenvalue weighted by Crippen LogP contribution is 2.34. The molecule has 1 heterocycles. The number of carbonyl (C=O) groups is 2. The number of ether oxygens (including phenoxy) is 1. The maximum absolute atomic E-state index is 14.5. The Kier molecular flexibility index (Phi) is 4.55. The van der Waals surface area contributed by atoms with E-state index < -0.39 is 17.0 Å². The molecule has 1 aliphatic heterocycles. The third kappa shape index (κ3) is 3.33. The molecular weight excluding hydrogens is 379 g/mol. The summed E-state index contributed by atoms with van der Waals surface area (Å²) in [5.41, 5.74) is 0.939. The largest absolute Gasteiger partial charge is 0.454 e. The van der Waals surface area contributed by atoms with Crippen LogP contribution in [0.1, 0.15) is 11.1 Å². The summed E-state index contributed by atoms with van der Waals surface area (Å²) >= 11 is 0.768. The number of rotatable bonds is 3. The number of fused-ring (bicyclic) bond motifs is 1. The van der Waals surface area contributed by atoms with E-state index in [1.807, 2.05) is 12.1 Å². The quantitative estimate of drug-likeness (QED) is 0.639. The molecule has 1 N–H and O–H groups in total. The SMILES string of the molecule is N#Cc1ccc(Oc2ccc(/C=C3/SC(=O)NC3=O)cc2F)c2ccccc12. The van der Waals surface area contributed by atoms with E-state index in [2.05, 4.69) is 11.4 Å². The van der Waals surface area contributed by atoms with Crippen LogP contribution < -0.4 is 10.1 Å². The van der Waals surface area contributed by atoms with Crippen molar-refractivity contribution in [3.8, 4) is 17.6 Å². The third-order valence-electron chi connectivity index (χ3n) is 4.12. The highest BCUT2D eigenvalue weighted by Gasteiger charge is 2.25. The lowest BCUT2D eigenvalue weighted by Gasteiger charge is -2.11. The van der Waals surface area contributed by atoms with E-state index in [9.17, 15) is 19.2 Å². The Hall–Kier alpha value is -3.63. The number of imide groups is 1. The van der Waals surface area contributed by atoms with Crippen LogP contribution in [0.5, 0.6) is 11.5 Å². The van der Waals surface area contributed by atoms with Gasteiger partial charge in [-0.1, -0.05) is 30.3 Å². The maximum Gasteiger partial charge on any atom is 0.290 e. The van der Waals surface area contributed by atoms with Crippen molar-refractivity contribution in [1.29, 1.82) is 5.26 Å². The molecule has 0 aliphatic carbocycles. The van der Waals surface area contributed by atoms with Crippen LogP contribution in [0, 0.1) is 17.1 Å². The molecule has 1 fully saturated rings. The second-order valence-electron chi connectivity index (χ2n) is 5.91. The van der Waals surface area contributed by atoms with Gasteiger partial charge in [0.15, 0.2) is 11.6 Å². The van der Waals surface area contributed by atoms with Gasteiger partial charge in [-0.3, -0.25) is 14.9 Å². The number of nitrogens with one attached hydrogen (secondary N) is 1. The van der Waals surface area contributed by atoms with Gasteiger partial charge >= 0.3 is 0 Å². The Morgan fingerprint density at radius 3 is 2.46 bits per heavy atom. The molecule has 1 aliphatic rings. The van der Waals surface area contributed by atoms with Gasteiger partial charge in [-0.25, -0.2) is 4.39 Å². The van der Waals surface area contributed by atoms with Crippen LogP contribution in [-0.4, -0.2) is 11.1 Å². The van der Waals surface area contributed by atoms with E-state index in [0.717, 1.165) is 17.1 Å². The van der Waals surface area contributed by atoms with Crippen molar-refractivity contribution < 1.29 is 18.7 Å². The lowest BCUT2D eigenvalue weighted by molar-refractivity contribution is -0.115. The lowest BCUT2D eigenvalue weighted by Crippen LogP contribution is -2.17. The van der Waals surface area contributed by atoms with E-state index in [1.165, 1.54) is 18.2 Å². The molecule has 0 bridgehead atoms. The Morgan fingerprint density at radius 1 is 1.04 bits per heavy atom. The first-order valence-electron chi connectivity index (χ1n) is 8.19. The summed E-state index contributed by atoms with van der Waals surface area (Å²) in [7, 11) is 0. The summed E-state index contributed by atoms with van der Waals surface area (Å²) < 4.78 is 20.3. The zero-order chi connectivity index (χ0) is 19.7. The Bertz CT molecular complexity index is 1210. The topological polar surface area (TPSA) is 79.2 Å². The molecule has 5 nitrogen and oxygen atoms in total. The smallest absolute Gasteiger partial charge is 0.290 e. The summed E-state index contributed by atoms with van der Waals surface area (Å²) in [5.74, 6) is -0.676. The number of halogens is 1. The van der Waals surface area contributed by atoms with Crippen LogP contribution in [0.2, 0.25) is 0 Å². The molecule has 0 spiro atoms. The van der Waals surface area contributed by atoms with Gasteiger partial charge < -0.3 is 4.74 Å². The van der Waals surface area contributed by atoms with Crippen LogP contribution >= 0.6 is 11.8 Å². The molecule has 0 unspecified atom stereocenters. The number of hydrogen-bond donors (Lipinski definition) is 1. The fourth-order valence-corrected chi connectivity index (χ4v) is 3.52. The van der Waals surface area contributed by atoms with Crippen LogP contribution in [0.25, 0.3) is 16.8 Å². The van der Waals surface area contributed by atoms with Crippen LogP contribution in [0.4, 0.5) is 9.18 Å². The highest BCUT2D eigenvalue weighted by molar-refractivity contribution is 8.18. The first kappa shape index (κ1) is 17.8. The predicted octanol–water partition coefficient (Wildman–Crippen LogP) is 4.97. The van der Waals surface area contributed by atoms with E-state index >= 15 is 0 Å².